The third kappa shape index (κ3) is 2.14. The van der Waals surface area contributed by atoms with Gasteiger partial charge in [0.25, 0.3) is 0 Å². The van der Waals surface area contributed by atoms with Gasteiger partial charge in [0.1, 0.15) is 0 Å². The van der Waals surface area contributed by atoms with Crippen LogP contribution in [0.4, 0.5) is 0 Å². The van der Waals surface area contributed by atoms with Crippen molar-refractivity contribution in [1.82, 2.24) is 0 Å². The molecule has 0 amide bonds. The Morgan fingerprint density at radius 1 is 0.680 bits per heavy atom. The fraction of sp³-hybridized carbons (Fsp3) is 0.120. The molecule has 0 saturated carbocycles. The second-order valence-corrected chi connectivity index (χ2v) is 6.84. The lowest BCUT2D eigenvalue weighted by Crippen LogP contribution is -1.95. The minimum absolute atomic E-state index is 1.04. The molecule has 1 aliphatic carbocycles. The van der Waals surface area contributed by atoms with Gasteiger partial charge in [-0.05, 0) is 62.6 Å². The highest BCUT2D eigenvalue weighted by molar-refractivity contribution is 6.00. The van der Waals surface area contributed by atoms with Crippen LogP contribution in [0.15, 0.2) is 78.9 Å². The molecule has 4 aromatic rings. The zero-order chi connectivity index (χ0) is 16.8. The molecule has 0 N–H and O–H groups in total. The Morgan fingerprint density at radius 3 is 2.36 bits per heavy atom. The van der Waals surface area contributed by atoms with Gasteiger partial charge in [-0.2, -0.15) is 0 Å². The number of benzene rings is 4. The summed E-state index contributed by atoms with van der Waals surface area (Å²) in [5.41, 5.74) is 10.0. The van der Waals surface area contributed by atoms with Crippen LogP contribution in [0.1, 0.15) is 23.6 Å². The van der Waals surface area contributed by atoms with Gasteiger partial charge < -0.3 is 0 Å². The van der Waals surface area contributed by atoms with Crippen molar-refractivity contribution in [1.29, 1.82) is 0 Å². The molecule has 0 atom stereocenters. The molecular formula is C25H20. The maximum atomic E-state index is 2.33. The van der Waals surface area contributed by atoms with Gasteiger partial charge in [-0.1, -0.05) is 85.8 Å². The summed E-state index contributed by atoms with van der Waals surface area (Å²) in [5, 5.41) is 2.67. The molecule has 5 rings (SSSR count). The second-order valence-electron chi connectivity index (χ2n) is 6.84. The third-order valence-electron chi connectivity index (χ3n) is 5.51. The van der Waals surface area contributed by atoms with Gasteiger partial charge in [0.15, 0.2) is 0 Å². The molecule has 0 spiro atoms. The predicted molar refractivity (Wildman–Crippen MR) is 107 cm³/mol. The normalized spacial score (nSPS) is 12.2. The zero-order valence-electron chi connectivity index (χ0n) is 14.4. The molecule has 0 radical (unpaired) electrons. The van der Waals surface area contributed by atoms with E-state index in [1.54, 1.807) is 0 Å². The standard InChI is InChI=1S/C25H20/c1-2-17-14-15-22-21-12-6-4-9-19(21)16-24(22)25(17)23-13-7-10-18-8-3-5-11-20(18)23/h3-15H,2,16H2,1H3. The van der Waals surface area contributed by atoms with E-state index in [2.05, 4.69) is 85.8 Å². The van der Waals surface area contributed by atoms with Crippen LogP contribution in [-0.4, -0.2) is 0 Å². The largest absolute Gasteiger partial charge is 0.0619 e. The summed E-state index contributed by atoms with van der Waals surface area (Å²) >= 11 is 0. The first-order chi connectivity index (χ1) is 12.4. The van der Waals surface area contributed by atoms with E-state index in [9.17, 15) is 0 Å². The molecule has 0 aliphatic heterocycles. The Morgan fingerprint density at radius 2 is 1.44 bits per heavy atom. The van der Waals surface area contributed by atoms with Crippen molar-refractivity contribution in [3.63, 3.8) is 0 Å². The van der Waals surface area contributed by atoms with Crippen LogP contribution in [0.5, 0.6) is 0 Å². The molecule has 0 unspecified atom stereocenters. The lowest BCUT2D eigenvalue weighted by Gasteiger charge is -2.16. The zero-order valence-corrected chi connectivity index (χ0v) is 14.4. The molecule has 0 heterocycles. The van der Waals surface area contributed by atoms with Gasteiger partial charge in [0.05, 0.1) is 0 Å². The van der Waals surface area contributed by atoms with Gasteiger partial charge in [-0.3, -0.25) is 0 Å². The van der Waals surface area contributed by atoms with Crippen molar-refractivity contribution in [3.05, 3.63) is 95.6 Å². The minimum Gasteiger partial charge on any atom is -0.0619 e. The van der Waals surface area contributed by atoms with E-state index in [1.165, 1.54) is 49.7 Å². The Bertz CT molecular complexity index is 1100. The number of rotatable bonds is 2. The first-order valence-corrected chi connectivity index (χ1v) is 9.08. The molecule has 25 heavy (non-hydrogen) atoms. The smallest absolute Gasteiger partial charge is 0.000718 e. The van der Waals surface area contributed by atoms with E-state index in [0.29, 0.717) is 0 Å². The number of aryl methyl sites for hydroxylation is 1. The minimum atomic E-state index is 1.04. The number of hydrogen-bond acceptors (Lipinski definition) is 0. The average Bonchev–Trinajstić information content (AvgIpc) is 3.05. The number of hydrogen-bond donors (Lipinski definition) is 0. The Hall–Kier alpha value is -2.86. The van der Waals surface area contributed by atoms with Crippen molar-refractivity contribution >= 4 is 10.8 Å². The van der Waals surface area contributed by atoms with Gasteiger partial charge in [0, 0.05) is 0 Å². The molecule has 120 valence electrons. The van der Waals surface area contributed by atoms with Gasteiger partial charge >= 0.3 is 0 Å². The summed E-state index contributed by atoms with van der Waals surface area (Å²) in [4.78, 5) is 0. The van der Waals surface area contributed by atoms with Crippen LogP contribution in [-0.2, 0) is 12.8 Å². The molecule has 1 aliphatic rings. The summed E-state index contributed by atoms with van der Waals surface area (Å²) in [7, 11) is 0. The molecule has 0 nitrogen and oxygen atoms in total. The van der Waals surface area contributed by atoms with Crippen LogP contribution in [0.3, 0.4) is 0 Å². The van der Waals surface area contributed by atoms with Crippen molar-refractivity contribution in [3.8, 4) is 22.3 Å². The Balaban J connectivity index is 1.85. The summed E-state index contributed by atoms with van der Waals surface area (Å²) in [6.45, 7) is 2.26. The van der Waals surface area contributed by atoms with E-state index in [-0.39, 0.29) is 0 Å². The van der Waals surface area contributed by atoms with Crippen molar-refractivity contribution in [2.24, 2.45) is 0 Å². The molecule has 0 heteroatoms. The maximum Gasteiger partial charge on any atom is -0.000718 e. The molecule has 4 aromatic carbocycles. The van der Waals surface area contributed by atoms with Gasteiger partial charge in [-0.25, -0.2) is 0 Å². The van der Waals surface area contributed by atoms with Crippen molar-refractivity contribution in [2.45, 2.75) is 19.8 Å². The monoisotopic (exact) mass is 320 g/mol. The fourth-order valence-electron chi connectivity index (χ4n) is 4.33. The summed E-state index contributed by atoms with van der Waals surface area (Å²) in [6, 6.07) is 28.9. The maximum absolute atomic E-state index is 2.33. The van der Waals surface area contributed by atoms with Crippen LogP contribution >= 0.6 is 0 Å². The van der Waals surface area contributed by atoms with Crippen LogP contribution in [0, 0.1) is 0 Å². The molecule has 0 aromatic heterocycles. The number of fused-ring (bicyclic) bond motifs is 4. The Kier molecular flexibility index (Phi) is 3.24. The van der Waals surface area contributed by atoms with E-state index in [1.807, 2.05) is 0 Å². The van der Waals surface area contributed by atoms with Crippen LogP contribution < -0.4 is 0 Å². The SMILES string of the molecule is CCc1ccc2c(c1-c1cccc3ccccc13)Cc1ccccc1-2. The first kappa shape index (κ1) is 14.5. The van der Waals surface area contributed by atoms with Crippen molar-refractivity contribution in [2.75, 3.05) is 0 Å². The molecule has 0 saturated heterocycles. The third-order valence-corrected chi connectivity index (χ3v) is 5.51. The predicted octanol–water partition coefficient (Wildman–Crippen LogP) is 6.64. The highest BCUT2D eigenvalue weighted by Gasteiger charge is 2.23. The molecular weight excluding hydrogens is 300 g/mol. The molecule has 0 fully saturated rings. The lowest BCUT2D eigenvalue weighted by molar-refractivity contribution is 1.13. The second kappa shape index (κ2) is 5.60. The highest BCUT2D eigenvalue weighted by atomic mass is 14.3. The first-order valence-electron chi connectivity index (χ1n) is 9.08. The van der Waals surface area contributed by atoms with Gasteiger partial charge in [0.2, 0.25) is 0 Å². The Labute approximate surface area is 148 Å². The van der Waals surface area contributed by atoms with Crippen molar-refractivity contribution < 1.29 is 0 Å². The van der Waals surface area contributed by atoms with Crippen LogP contribution in [0.2, 0.25) is 0 Å². The molecule has 0 bridgehead atoms. The highest BCUT2D eigenvalue weighted by Crippen LogP contribution is 2.44. The fourth-order valence-corrected chi connectivity index (χ4v) is 4.33. The summed E-state index contributed by atoms with van der Waals surface area (Å²) < 4.78 is 0. The van der Waals surface area contributed by atoms with E-state index < -0.39 is 0 Å². The average molecular weight is 320 g/mol. The summed E-state index contributed by atoms with van der Waals surface area (Å²) in [5.74, 6) is 0. The topological polar surface area (TPSA) is 0 Å². The van der Waals surface area contributed by atoms with E-state index in [0.717, 1.165) is 12.8 Å². The van der Waals surface area contributed by atoms with Gasteiger partial charge in [-0.15, -0.1) is 0 Å². The summed E-state index contributed by atoms with van der Waals surface area (Å²) in [6.07, 6.45) is 2.10. The lowest BCUT2D eigenvalue weighted by atomic mass is 9.87. The quantitative estimate of drug-likeness (QED) is 0.342. The van der Waals surface area contributed by atoms with E-state index in [4.69, 9.17) is 0 Å². The van der Waals surface area contributed by atoms with Crippen LogP contribution in [0.25, 0.3) is 33.0 Å². The van der Waals surface area contributed by atoms with E-state index >= 15 is 0 Å².